The molecule has 80 valence electrons. The van der Waals surface area contributed by atoms with Crippen molar-refractivity contribution in [3.05, 3.63) is 35.3 Å². The molecular weight excluding hydrogens is 267 g/mol. The standard InChI is InChI=1S/C9H8BrFN2O2/c1-2-3-15-9(14)13-7-5-12-4-6(11)8(7)10/h2,4-5H,1,3H2,(H,13,14). The number of aromatic nitrogens is 1. The SMILES string of the molecule is C=CCOC(=O)Nc1cncc(F)c1Br. The van der Waals surface area contributed by atoms with Crippen LogP contribution in [0.5, 0.6) is 0 Å². The number of nitrogens with zero attached hydrogens (tertiary/aromatic N) is 1. The first-order valence-corrected chi connectivity index (χ1v) is 4.78. The highest BCUT2D eigenvalue weighted by molar-refractivity contribution is 9.10. The topological polar surface area (TPSA) is 51.2 Å². The first kappa shape index (κ1) is 11.6. The summed E-state index contributed by atoms with van der Waals surface area (Å²) in [6.45, 7) is 3.47. The summed E-state index contributed by atoms with van der Waals surface area (Å²) in [5.74, 6) is -0.559. The van der Waals surface area contributed by atoms with Crippen LogP contribution in [0.15, 0.2) is 29.5 Å². The lowest BCUT2D eigenvalue weighted by atomic mass is 10.4. The van der Waals surface area contributed by atoms with Gasteiger partial charge >= 0.3 is 6.09 Å². The minimum absolute atomic E-state index is 0.0895. The van der Waals surface area contributed by atoms with Crippen molar-refractivity contribution in [2.75, 3.05) is 11.9 Å². The van der Waals surface area contributed by atoms with Crippen molar-refractivity contribution in [2.45, 2.75) is 0 Å². The Morgan fingerprint density at radius 3 is 3.13 bits per heavy atom. The molecular formula is C9H8BrFN2O2. The van der Waals surface area contributed by atoms with Crippen LogP contribution in [0.1, 0.15) is 0 Å². The van der Waals surface area contributed by atoms with Crippen LogP contribution in [-0.4, -0.2) is 17.7 Å². The molecule has 0 fully saturated rings. The number of anilines is 1. The number of carbonyl (C=O) groups excluding carboxylic acids is 1. The van der Waals surface area contributed by atoms with Gasteiger partial charge in [0.2, 0.25) is 0 Å². The number of pyridine rings is 1. The predicted octanol–water partition coefficient (Wildman–Crippen LogP) is 2.72. The molecule has 1 aromatic heterocycles. The van der Waals surface area contributed by atoms with E-state index >= 15 is 0 Å². The van der Waals surface area contributed by atoms with Gasteiger partial charge in [-0.1, -0.05) is 12.7 Å². The lowest BCUT2D eigenvalue weighted by Crippen LogP contribution is -2.14. The molecule has 0 aliphatic heterocycles. The molecule has 0 unspecified atom stereocenters. The molecule has 1 rings (SSSR count). The van der Waals surface area contributed by atoms with Gasteiger partial charge in [-0.2, -0.15) is 0 Å². The van der Waals surface area contributed by atoms with E-state index in [2.05, 4.69) is 37.5 Å². The quantitative estimate of drug-likeness (QED) is 0.863. The van der Waals surface area contributed by atoms with Crippen molar-refractivity contribution in [1.29, 1.82) is 0 Å². The molecule has 15 heavy (non-hydrogen) atoms. The maximum Gasteiger partial charge on any atom is 0.412 e. The van der Waals surface area contributed by atoms with Crippen LogP contribution in [0.3, 0.4) is 0 Å². The maximum atomic E-state index is 13.0. The lowest BCUT2D eigenvalue weighted by molar-refractivity contribution is 0.174. The monoisotopic (exact) mass is 274 g/mol. The Morgan fingerprint density at radius 2 is 2.47 bits per heavy atom. The molecule has 1 heterocycles. The molecule has 1 amide bonds. The van der Waals surface area contributed by atoms with E-state index in [9.17, 15) is 9.18 Å². The second-order valence-corrected chi connectivity index (χ2v) is 3.29. The third-order valence-corrected chi connectivity index (χ3v) is 2.21. The van der Waals surface area contributed by atoms with Crippen LogP contribution in [0, 0.1) is 5.82 Å². The number of rotatable bonds is 3. The van der Waals surface area contributed by atoms with Gasteiger partial charge in [0.25, 0.3) is 0 Å². The summed E-state index contributed by atoms with van der Waals surface area (Å²) in [5, 5.41) is 2.33. The van der Waals surface area contributed by atoms with Gasteiger partial charge in [0.1, 0.15) is 6.61 Å². The normalized spacial score (nSPS) is 9.47. The number of ether oxygens (including phenoxy) is 1. The molecule has 0 aromatic carbocycles. The van der Waals surface area contributed by atoms with Crippen molar-refractivity contribution in [3.63, 3.8) is 0 Å². The van der Waals surface area contributed by atoms with E-state index in [1.54, 1.807) is 0 Å². The summed E-state index contributed by atoms with van der Waals surface area (Å²) in [7, 11) is 0. The van der Waals surface area contributed by atoms with Crippen LogP contribution >= 0.6 is 15.9 Å². The fraction of sp³-hybridized carbons (Fsp3) is 0.111. The fourth-order valence-corrected chi connectivity index (χ4v) is 1.09. The van der Waals surface area contributed by atoms with Gasteiger partial charge in [0.15, 0.2) is 5.82 Å². The predicted molar refractivity (Wildman–Crippen MR) is 57.1 cm³/mol. The summed E-state index contributed by atoms with van der Waals surface area (Å²) in [6, 6.07) is 0. The van der Waals surface area contributed by atoms with Crippen LogP contribution in [0.25, 0.3) is 0 Å². The average Bonchev–Trinajstić information content (AvgIpc) is 2.22. The maximum absolute atomic E-state index is 13.0. The molecule has 0 bridgehead atoms. The Labute approximate surface area is 94.3 Å². The Balaban J connectivity index is 2.68. The van der Waals surface area contributed by atoms with Crippen molar-refractivity contribution in [2.24, 2.45) is 0 Å². The molecule has 0 saturated carbocycles. The zero-order valence-electron chi connectivity index (χ0n) is 7.67. The first-order valence-electron chi connectivity index (χ1n) is 3.99. The Kier molecular flexibility index (Phi) is 4.23. The molecule has 0 atom stereocenters. The number of carbonyl (C=O) groups is 1. The summed E-state index contributed by atoms with van der Waals surface area (Å²) in [4.78, 5) is 14.7. The summed E-state index contributed by atoms with van der Waals surface area (Å²) in [6.07, 6.45) is 3.08. The zero-order chi connectivity index (χ0) is 11.3. The van der Waals surface area contributed by atoms with E-state index < -0.39 is 11.9 Å². The molecule has 0 aliphatic carbocycles. The largest absolute Gasteiger partial charge is 0.445 e. The summed E-state index contributed by atoms with van der Waals surface area (Å²) in [5.41, 5.74) is 0.212. The third-order valence-electron chi connectivity index (χ3n) is 1.41. The van der Waals surface area contributed by atoms with E-state index in [0.717, 1.165) is 6.20 Å². The van der Waals surface area contributed by atoms with Gasteiger partial charge in [-0.3, -0.25) is 10.3 Å². The molecule has 0 aliphatic rings. The van der Waals surface area contributed by atoms with Gasteiger partial charge in [-0.25, -0.2) is 9.18 Å². The van der Waals surface area contributed by atoms with Crippen LogP contribution < -0.4 is 5.32 Å². The number of hydrogen-bond acceptors (Lipinski definition) is 3. The van der Waals surface area contributed by atoms with E-state index in [0.29, 0.717) is 0 Å². The highest BCUT2D eigenvalue weighted by Crippen LogP contribution is 2.23. The van der Waals surface area contributed by atoms with Crippen LogP contribution in [-0.2, 0) is 4.74 Å². The number of nitrogens with one attached hydrogen (secondary N) is 1. The van der Waals surface area contributed by atoms with E-state index in [-0.39, 0.29) is 16.8 Å². The highest BCUT2D eigenvalue weighted by Gasteiger charge is 2.09. The molecule has 0 spiro atoms. The van der Waals surface area contributed by atoms with Gasteiger partial charge in [-0.05, 0) is 15.9 Å². The summed E-state index contributed by atoms with van der Waals surface area (Å²) < 4.78 is 17.7. The zero-order valence-corrected chi connectivity index (χ0v) is 9.25. The second-order valence-electron chi connectivity index (χ2n) is 2.50. The first-order chi connectivity index (χ1) is 7.15. The summed E-state index contributed by atoms with van der Waals surface area (Å²) >= 11 is 2.97. The van der Waals surface area contributed by atoms with Gasteiger partial charge in [0, 0.05) is 0 Å². The molecule has 0 radical (unpaired) electrons. The van der Waals surface area contributed by atoms with Gasteiger partial charge < -0.3 is 4.74 Å². The van der Waals surface area contributed by atoms with Gasteiger partial charge in [-0.15, -0.1) is 0 Å². The fourth-order valence-electron chi connectivity index (χ4n) is 0.787. The van der Waals surface area contributed by atoms with E-state index in [1.165, 1.54) is 12.3 Å². The Bertz CT molecular complexity index is 384. The molecule has 0 saturated heterocycles. The van der Waals surface area contributed by atoms with Crippen molar-refractivity contribution in [3.8, 4) is 0 Å². The van der Waals surface area contributed by atoms with E-state index in [4.69, 9.17) is 0 Å². The van der Waals surface area contributed by atoms with Crippen molar-refractivity contribution >= 4 is 27.7 Å². The third kappa shape index (κ3) is 3.32. The van der Waals surface area contributed by atoms with Crippen LogP contribution in [0.4, 0.5) is 14.9 Å². The molecule has 1 aromatic rings. The minimum atomic E-state index is -0.692. The number of halogens is 2. The number of hydrogen-bond donors (Lipinski definition) is 1. The number of amides is 1. The Hall–Kier alpha value is -1.43. The second kappa shape index (κ2) is 5.45. The average molecular weight is 275 g/mol. The lowest BCUT2D eigenvalue weighted by Gasteiger charge is -2.06. The Morgan fingerprint density at radius 1 is 1.73 bits per heavy atom. The molecule has 1 N–H and O–H groups in total. The minimum Gasteiger partial charge on any atom is -0.445 e. The van der Waals surface area contributed by atoms with Crippen molar-refractivity contribution < 1.29 is 13.9 Å². The van der Waals surface area contributed by atoms with Crippen molar-refractivity contribution in [1.82, 2.24) is 4.98 Å². The molecule has 4 nitrogen and oxygen atoms in total. The molecule has 6 heteroatoms. The smallest absolute Gasteiger partial charge is 0.412 e. The van der Waals surface area contributed by atoms with E-state index in [1.807, 2.05) is 0 Å². The van der Waals surface area contributed by atoms with Crippen LogP contribution in [0.2, 0.25) is 0 Å². The highest BCUT2D eigenvalue weighted by atomic mass is 79.9. The van der Waals surface area contributed by atoms with Gasteiger partial charge in [0.05, 0.1) is 22.6 Å².